The van der Waals surface area contributed by atoms with Crippen LogP contribution < -0.4 is 0 Å². The van der Waals surface area contributed by atoms with Crippen molar-refractivity contribution in [2.24, 2.45) is 0 Å². The van der Waals surface area contributed by atoms with E-state index in [-0.39, 0.29) is 36.2 Å². The van der Waals surface area contributed by atoms with Crippen LogP contribution in [0.15, 0.2) is 60.8 Å². The summed E-state index contributed by atoms with van der Waals surface area (Å²) in [6.07, 6.45) is 54.1. The first-order chi connectivity index (χ1) is 29.6. The molecule has 0 aliphatic carbocycles. The number of carbonyl (C=O) groups is 3. The van der Waals surface area contributed by atoms with Gasteiger partial charge in [-0.25, -0.2) is 4.79 Å². The van der Waals surface area contributed by atoms with Crippen molar-refractivity contribution in [2.75, 3.05) is 41.0 Å². The smallest absolute Gasteiger partial charge is 0.362 e. The van der Waals surface area contributed by atoms with Crippen molar-refractivity contribution in [2.45, 2.75) is 219 Å². The Morgan fingerprint density at radius 1 is 0.508 bits per heavy atom. The fourth-order valence-corrected chi connectivity index (χ4v) is 7.08. The maximum absolute atomic E-state index is 12.8. The monoisotopic (exact) mass is 857 g/mol. The van der Waals surface area contributed by atoms with Gasteiger partial charge in [-0.2, -0.15) is 0 Å². The van der Waals surface area contributed by atoms with Gasteiger partial charge in [-0.3, -0.25) is 9.59 Å². The molecule has 2 unspecified atom stereocenters. The molecule has 1 N–H and O–H groups in total. The summed E-state index contributed by atoms with van der Waals surface area (Å²) in [5.74, 6) is -1.49. The zero-order chi connectivity index (χ0) is 44.9. The van der Waals surface area contributed by atoms with Gasteiger partial charge >= 0.3 is 17.9 Å². The lowest BCUT2D eigenvalue weighted by atomic mass is 10.1. The lowest BCUT2D eigenvalue weighted by Gasteiger charge is -2.31. The summed E-state index contributed by atoms with van der Waals surface area (Å²) in [7, 11) is 5.52. The van der Waals surface area contributed by atoms with Crippen LogP contribution in [0, 0.1) is 0 Å². The number of quaternary nitrogens is 1. The number of hydrogen-bond donors (Lipinski definition) is 1. The van der Waals surface area contributed by atoms with Crippen molar-refractivity contribution < 1.29 is 38.2 Å². The van der Waals surface area contributed by atoms with E-state index in [0.29, 0.717) is 19.3 Å². The molecular formula is C53H94NO7+. The maximum atomic E-state index is 12.8. The van der Waals surface area contributed by atoms with E-state index < -0.39 is 18.1 Å². The van der Waals surface area contributed by atoms with Gasteiger partial charge in [0, 0.05) is 19.3 Å². The molecule has 0 saturated carbocycles. The zero-order valence-electron chi connectivity index (χ0n) is 40.1. The predicted molar refractivity (Wildman–Crippen MR) is 257 cm³/mol. The highest BCUT2D eigenvalue weighted by atomic mass is 16.6. The van der Waals surface area contributed by atoms with E-state index in [9.17, 15) is 19.5 Å². The molecule has 8 nitrogen and oxygen atoms in total. The second-order valence-electron chi connectivity index (χ2n) is 17.7. The third-order valence-electron chi connectivity index (χ3n) is 10.9. The van der Waals surface area contributed by atoms with Crippen LogP contribution in [0.3, 0.4) is 0 Å². The van der Waals surface area contributed by atoms with Gasteiger partial charge in [0.15, 0.2) is 12.1 Å². The standard InChI is InChI=1S/C53H93NO7/c1-6-8-10-12-14-16-18-20-22-24-26-28-29-31-33-35-37-39-41-43-51(55)60-48-49(47-59-46-45-50(53(57)58)54(3,4)5)61-52(56)44-42-40-38-36-34-32-30-27-25-23-21-19-17-15-13-11-9-7-2/h8,10,14,16,20,22,26-28,30,49-50H,6-7,9,11-13,15,17-19,21,23-25,29,31-48H2,1-5H3/p+1/b10-8+,16-14+,22-20+,28-26+,30-27+. The predicted octanol–water partition coefficient (Wildman–Crippen LogP) is 14.1. The summed E-state index contributed by atoms with van der Waals surface area (Å²) in [5, 5.41) is 9.65. The number of carboxylic acid groups (broad SMARTS) is 1. The minimum absolute atomic E-state index is 0.0516. The molecule has 0 aliphatic heterocycles. The van der Waals surface area contributed by atoms with E-state index in [1.165, 1.54) is 83.5 Å². The fraction of sp³-hybridized carbons (Fsp3) is 0.755. The number of rotatable bonds is 44. The van der Waals surface area contributed by atoms with Crippen LogP contribution in [-0.4, -0.2) is 80.6 Å². The van der Waals surface area contributed by atoms with Gasteiger partial charge in [0.2, 0.25) is 0 Å². The molecule has 0 aromatic carbocycles. The summed E-state index contributed by atoms with van der Waals surface area (Å²) in [6, 6.07) is -0.620. The molecule has 0 radical (unpaired) electrons. The Hall–Kier alpha value is -2.97. The molecule has 0 aromatic heterocycles. The molecule has 352 valence electrons. The Balaban J connectivity index is 4.31. The normalized spacial score (nSPS) is 13.4. The van der Waals surface area contributed by atoms with Gasteiger partial charge in [-0.15, -0.1) is 0 Å². The highest BCUT2D eigenvalue weighted by Crippen LogP contribution is 2.14. The molecule has 61 heavy (non-hydrogen) atoms. The van der Waals surface area contributed by atoms with Gasteiger partial charge in [0.05, 0.1) is 34.4 Å². The molecule has 0 rings (SSSR count). The molecule has 0 heterocycles. The molecular weight excluding hydrogens is 763 g/mol. The van der Waals surface area contributed by atoms with Crippen LogP contribution >= 0.6 is 0 Å². The number of aliphatic carboxylic acids is 1. The van der Waals surface area contributed by atoms with Crippen LogP contribution in [0.1, 0.15) is 206 Å². The first-order valence-corrected chi connectivity index (χ1v) is 24.8. The number of ether oxygens (including phenoxy) is 3. The van der Waals surface area contributed by atoms with Gasteiger partial charge in [-0.1, -0.05) is 171 Å². The lowest BCUT2D eigenvalue weighted by Crippen LogP contribution is -2.50. The van der Waals surface area contributed by atoms with Gasteiger partial charge in [-0.05, 0) is 77.0 Å². The molecule has 0 spiro atoms. The number of unbranched alkanes of at least 4 members (excludes halogenated alkanes) is 20. The van der Waals surface area contributed by atoms with Crippen molar-refractivity contribution >= 4 is 17.9 Å². The van der Waals surface area contributed by atoms with E-state index >= 15 is 0 Å². The molecule has 2 atom stereocenters. The van der Waals surface area contributed by atoms with Crippen LogP contribution in [-0.2, 0) is 28.6 Å². The number of allylic oxidation sites excluding steroid dienone is 10. The summed E-state index contributed by atoms with van der Waals surface area (Å²) >= 11 is 0. The molecule has 0 fully saturated rings. The highest BCUT2D eigenvalue weighted by Gasteiger charge is 2.31. The zero-order valence-corrected chi connectivity index (χ0v) is 40.1. The highest BCUT2D eigenvalue weighted by molar-refractivity contribution is 5.72. The van der Waals surface area contributed by atoms with Crippen molar-refractivity contribution in [3.8, 4) is 0 Å². The summed E-state index contributed by atoms with van der Waals surface area (Å²) < 4.78 is 17.3. The molecule has 0 aliphatic rings. The Morgan fingerprint density at radius 3 is 1.38 bits per heavy atom. The topological polar surface area (TPSA) is 99.1 Å². The minimum atomic E-state index is -0.879. The second kappa shape index (κ2) is 43.7. The Kier molecular flexibility index (Phi) is 41.5. The van der Waals surface area contributed by atoms with E-state index in [1.807, 2.05) is 21.1 Å². The average Bonchev–Trinajstić information content (AvgIpc) is 3.22. The third-order valence-corrected chi connectivity index (χ3v) is 10.9. The number of carbonyl (C=O) groups excluding carboxylic acids is 2. The first kappa shape index (κ1) is 58.0. The van der Waals surface area contributed by atoms with Crippen molar-refractivity contribution in [3.05, 3.63) is 60.8 Å². The van der Waals surface area contributed by atoms with Crippen LogP contribution in [0.5, 0.6) is 0 Å². The van der Waals surface area contributed by atoms with Crippen LogP contribution in [0.25, 0.3) is 0 Å². The first-order valence-electron chi connectivity index (χ1n) is 24.8. The molecule has 0 amide bonds. The number of nitrogens with zero attached hydrogens (tertiary/aromatic N) is 1. The summed E-state index contributed by atoms with van der Waals surface area (Å²) in [6.45, 7) is 4.61. The molecule has 0 aromatic rings. The number of esters is 2. The van der Waals surface area contributed by atoms with E-state index in [1.54, 1.807) is 0 Å². The summed E-state index contributed by atoms with van der Waals surface area (Å²) in [4.78, 5) is 37.1. The average molecular weight is 857 g/mol. The van der Waals surface area contributed by atoms with Crippen LogP contribution in [0.4, 0.5) is 0 Å². The Labute approximate surface area is 375 Å². The second-order valence-corrected chi connectivity index (χ2v) is 17.7. The van der Waals surface area contributed by atoms with E-state index in [4.69, 9.17) is 14.2 Å². The molecule has 8 heteroatoms. The van der Waals surface area contributed by atoms with Gasteiger partial charge in [0.25, 0.3) is 0 Å². The van der Waals surface area contributed by atoms with Crippen molar-refractivity contribution in [3.63, 3.8) is 0 Å². The lowest BCUT2D eigenvalue weighted by molar-refractivity contribution is -0.887. The molecule has 0 bridgehead atoms. The van der Waals surface area contributed by atoms with E-state index in [0.717, 1.165) is 89.9 Å². The number of carboxylic acids is 1. The van der Waals surface area contributed by atoms with Gasteiger partial charge in [0.1, 0.15) is 6.61 Å². The minimum Gasteiger partial charge on any atom is -0.477 e. The van der Waals surface area contributed by atoms with Gasteiger partial charge < -0.3 is 23.8 Å². The SMILES string of the molecule is CC/C=C/C/C=C/C/C=C/C/C=C/CCCCCCCCC(=O)OCC(COCCC(C(=O)O)[N+](C)(C)C)OC(=O)CCCCCCC/C=C/CCCCCCCCCCC. The maximum Gasteiger partial charge on any atom is 0.362 e. The largest absolute Gasteiger partial charge is 0.477 e. The quantitative estimate of drug-likeness (QED) is 0.0282. The summed E-state index contributed by atoms with van der Waals surface area (Å²) in [5.41, 5.74) is 0. The molecule has 0 saturated heterocycles. The fourth-order valence-electron chi connectivity index (χ4n) is 7.08. The Morgan fingerprint density at radius 2 is 0.918 bits per heavy atom. The van der Waals surface area contributed by atoms with Crippen molar-refractivity contribution in [1.82, 2.24) is 0 Å². The van der Waals surface area contributed by atoms with Crippen molar-refractivity contribution in [1.29, 1.82) is 0 Å². The van der Waals surface area contributed by atoms with E-state index in [2.05, 4.69) is 74.6 Å². The number of hydrogen-bond acceptors (Lipinski definition) is 6. The third kappa shape index (κ3) is 42.1. The Bertz CT molecular complexity index is 1180. The van der Waals surface area contributed by atoms with Crippen LogP contribution in [0.2, 0.25) is 0 Å². The number of likely N-dealkylation sites (N-methyl/N-ethyl adjacent to an activating group) is 1.